The maximum atomic E-state index is 11.5. The predicted molar refractivity (Wildman–Crippen MR) is 126 cm³/mol. The molecule has 36 heavy (non-hydrogen) atoms. The van der Waals surface area contributed by atoms with Crippen LogP contribution in [0.1, 0.15) is 52.9 Å². The zero-order valence-corrected chi connectivity index (χ0v) is 21.1. The van der Waals surface area contributed by atoms with E-state index in [-0.39, 0.29) is 12.8 Å². The van der Waals surface area contributed by atoms with Crippen LogP contribution >= 0.6 is 0 Å². The normalized spacial score (nSPS) is 12.8. The highest BCUT2D eigenvalue weighted by molar-refractivity contribution is 5.80. The number of carboxylic acids is 2. The van der Waals surface area contributed by atoms with Crippen LogP contribution in [-0.2, 0) is 31.9 Å². The molecule has 2 amide bonds. The number of imidazole rings is 2. The number of rotatable bonds is 8. The lowest BCUT2D eigenvalue weighted by molar-refractivity contribution is -0.140. The largest absolute Gasteiger partial charge is 0.480 e. The van der Waals surface area contributed by atoms with Crippen LogP contribution < -0.4 is 10.6 Å². The Hall–Kier alpha value is -4.10. The second-order valence-corrected chi connectivity index (χ2v) is 9.64. The average molecular weight is 511 g/mol. The van der Waals surface area contributed by atoms with Crippen molar-refractivity contribution in [3.63, 3.8) is 0 Å². The van der Waals surface area contributed by atoms with Gasteiger partial charge in [-0.05, 0) is 41.5 Å². The number of H-pyrrole nitrogens is 2. The molecule has 14 heteroatoms. The molecular weight excluding hydrogens is 476 g/mol. The second kappa shape index (κ2) is 13.1. The summed E-state index contributed by atoms with van der Waals surface area (Å²) in [6.45, 7) is 10.2. The number of amides is 2. The van der Waals surface area contributed by atoms with Crippen LogP contribution in [-0.4, -0.2) is 77.6 Å². The zero-order chi connectivity index (χ0) is 27.5. The third-order valence-electron chi connectivity index (χ3n) is 3.94. The molecule has 2 atom stereocenters. The molecule has 0 spiro atoms. The number of carbonyl (C=O) groups is 4. The van der Waals surface area contributed by atoms with Gasteiger partial charge in [0.1, 0.15) is 23.3 Å². The van der Waals surface area contributed by atoms with Crippen LogP contribution in [0, 0.1) is 0 Å². The summed E-state index contributed by atoms with van der Waals surface area (Å²) in [6, 6.07) is -2.11. The molecule has 6 N–H and O–H groups in total. The fraction of sp³-hybridized carbons (Fsp3) is 0.545. The smallest absolute Gasteiger partial charge is 0.408 e. The predicted octanol–water partition coefficient (Wildman–Crippen LogP) is 1.86. The average Bonchev–Trinajstić information content (AvgIpc) is 3.38. The van der Waals surface area contributed by atoms with E-state index in [1.165, 1.54) is 25.0 Å². The number of nitrogens with one attached hydrogen (secondary N) is 4. The number of nitrogens with zero attached hydrogens (tertiary/aromatic N) is 2. The lowest BCUT2D eigenvalue weighted by atomic mass is 10.1. The first-order valence-electron chi connectivity index (χ1n) is 10.9. The van der Waals surface area contributed by atoms with Crippen molar-refractivity contribution in [3.8, 4) is 0 Å². The minimum atomic E-state index is -1.13. The van der Waals surface area contributed by atoms with Gasteiger partial charge in [-0.25, -0.2) is 29.1 Å². The van der Waals surface area contributed by atoms with E-state index in [1.807, 2.05) is 0 Å². The molecule has 2 rings (SSSR count). The van der Waals surface area contributed by atoms with Crippen LogP contribution in [0.3, 0.4) is 0 Å². The Morgan fingerprint density at radius 2 is 1.11 bits per heavy atom. The molecular formula is C22H34N6O8. The van der Waals surface area contributed by atoms with Crippen molar-refractivity contribution < 1.29 is 38.9 Å². The highest BCUT2D eigenvalue weighted by Crippen LogP contribution is 2.09. The van der Waals surface area contributed by atoms with Gasteiger partial charge in [-0.3, -0.25) is 0 Å². The SMILES string of the molecule is CC(C)(C)OC(=O)N[C@@H](Cc1cnc[nH]1)C(=O)O.CC(C)(C)OC(=O)N[C@@H](Cc1cnc[nH]1)C(=O)O. The van der Waals surface area contributed by atoms with Gasteiger partial charge in [0.25, 0.3) is 0 Å². The van der Waals surface area contributed by atoms with Gasteiger partial charge in [0.05, 0.1) is 12.7 Å². The van der Waals surface area contributed by atoms with E-state index in [9.17, 15) is 19.2 Å². The Kier molecular flexibility index (Phi) is 10.9. The van der Waals surface area contributed by atoms with Crippen molar-refractivity contribution in [2.75, 3.05) is 0 Å². The molecule has 2 aromatic rings. The highest BCUT2D eigenvalue weighted by Gasteiger charge is 2.25. The molecule has 0 aliphatic heterocycles. The van der Waals surface area contributed by atoms with Crippen molar-refractivity contribution in [1.29, 1.82) is 0 Å². The lowest BCUT2D eigenvalue weighted by Gasteiger charge is -2.21. The van der Waals surface area contributed by atoms with Crippen LogP contribution in [0.25, 0.3) is 0 Å². The van der Waals surface area contributed by atoms with Crippen molar-refractivity contribution >= 4 is 24.1 Å². The first-order chi connectivity index (χ1) is 16.6. The van der Waals surface area contributed by atoms with Gasteiger partial charge < -0.3 is 40.3 Å². The third kappa shape index (κ3) is 13.0. The van der Waals surface area contributed by atoms with E-state index < -0.39 is 47.4 Å². The second-order valence-electron chi connectivity index (χ2n) is 9.64. The van der Waals surface area contributed by atoms with Gasteiger partial charge in [-0.1, -0.05) is 0 Å². The fourth-order valence-corrected chi connectivity index (χ4v) is 2.53. The first-order valence-corrected chi connectivity index (χ1v) is 10.9. The number of carbonyl (C=O) groups excluding carboxylic acids is 2. The monoisotopic (exact) mass is 510 g/mol. The van der Waals surface area contributed by atoms with Gasteiger partial charge in [-0.2, -0.15) is 0 Å². The summed E-state index contributed by atoms with van der Waals surface area (Å²) in [5, 5.41) is 22.6. The number of aliphatic carboxylic acids is 2. The summed E-state index contributed by atoms with van der Waals surface area (Å²) in [4.78, 5) is 58.1. The first kappa shape index (κ1) is 29.9. The Balaban J connectivity index is 0.000000360. The maximum Gasteiger partial charge on any atom is 0.408 e. The zero-order valence-electron chi connectivity index (χ0n) is 21.1. The standard InChI is InChI=1S/2C11H17N3O4/c2*1-11(2,3)18-10(17)14-8(9(15)16)4-7-5-12-6-13-7/h2*5-6,8H,4H2,1-3H3,(H,12,13)(H,14,17)(H,15,16)/t2*8-/m00/s1. The number of hydrogen-bond donors (Lipinski definition) is 6. The van der Waals surface area contributed by atoms with Gasteiger partial charge in [-0.15, -0.1) is 0 Å². The summed E-state index contributed by atoms with van der Waals surface area (Å²) in [5.74, 6) is -2.26. The molecule has 200 valence electrons. The van der Waals surface area contributed by atoms with E-state index >= 15 is 0 Å². The Bertz CT molecular complexity index is 897. The topological polar surface area (TPSA) is 209 Å². The minimum absolute atomic E-state index is 0.120. The van der Waals surface area contributed by atoms with E-state index in [0.717, 1.165) is 0 Å². The van der Waals surface area contributed by atoms with E-state index in [2.05, 4.69) is 30.6 Å². The molecule has 0 fully saturated rings. The minimum Gasteiger partial charge on any atom is -0.480 e. The fourth-order valence-electron chi connectivity index (χ4n) is 2.53. The highest BCUT2D eigenvalue weighted by atomic mass is 16.6. The third-order valence-corrected chi connectivity index (χ3v) is 3.94. The van der Waals surface area contributed by atoms with Crippen LogP contribution in [0.4, 0.5) is 9.59 Å². The quantitative estimate of drug-likeness (QED) is 0.303. The molecule has 2 aromatic heterocycles. The van der Waals surface area contributed by atoms with Crippen LogP contribution in [0.5, 0.6) is 0 Å². The van der Waals surface area contributed by atoms with Gasteiger partial charge in [0.15, 0.2) is 0 Å². The Labute approximate surface area is 208 Å². The number of aromatic amines is 2. The van der Waals surface area contributed by atoms with Crippen LogP contribution in [0.15, 0.2) is 25.0 Å². The van der Waals surface area contributed by atoms with Gasteiger partial charge >= 0.3 is 24.1 Å². The molecule has 0 aliphatic carbocycles. The number of alkyl carbamates (subject to hydrolysis) is 2. The molecule has 2 heterocycles. The van der Waals surface area contributed by atoms with Gasteiger partial charge in [0.2, 0.25) is 0 Å². The maximum absolute atomic E-state index is 11.5. The summed E-state index contributed by atoms with van der Waals surface area (Å²) in [5.41, 5.74) is -0.0840. The van der Waals surface area contributed by atoms with Crippen molar-refractivity contribution in [2.24, 2.45) is 0 Å². The molecule has 0 radical (unpaired) electrons. The Morgan fingerprint density at radius 1 is 0.778 bits per heavy atom. The number of hydrogen-bond acceptors (Lipinski definition) is 8. The van der Waals surface area contributed by atoms with Crippen molar-refractivity contribution in [3.05, 3.63) is 36.4 Å². The lowest BCUT2D eigenvalue weighted by Crippen LogP contribution is -2.44. The number of aromatic nitrogens is 4. The van der Waals surface area contributed by atoms with Crippen molar-refractivity contribution in [1.82, 2.24) is 30.6 Å². The summed E-state index contributed by atoms with van der Waals surface area (Å²) >= 11 is 0. The molecule has 0 aromatic carbocycles. The van der Waals surface area contributed by atoms with E-state index in [1.54, 1.807) is 41.5 Å². The number of carboxylic acid groups (broad SMARTS) is 2. The molecule has 0 bridgehead atoms. The molecule has 0 unspecified atom stereocenters. The van der Waals surface area contributed by atoms with E-state index in [0.29, 0.717) is 11.4 Å². The molecule has 0 saturated heterocycles. The molecule has 14 nitrogen and oxygen atoms in total. The summed E-state index contributed by atoms with van der Waals surface area (Å²) in [7, 11) is 0. The van der Waals surface area contributed by atoms with Gasteiger partial charge in [0, 0.05) is 36.6 Å². The van der Waals surface area contributed by atoms with E-state index in [4.69, 9.17) is 19.7 Å². The summed E-state index contributed by atoms with van der Waals surface area (Å²) in [6.07, 6.45) is 4.63. The summed E-state index contributed by atoms with van der Waals surface area (Å²) < 4.78 is 10.00. The molecule has 0 aliphatic rings. The van der Waals surface area contributed by atoms with Crippen LogP contribution in [0.2, 0.25) is 0 Å². The Morgan fingerprint density at radius 3 is 1.33 bits per heavy atom. The molecule has 0 saturated carbocycles. The number of ether oxygens (including phenoxy) is 2. The van der Waals surface area contributed by atoms with Crippen molar-refractivity contribution in [2.45, 2.75) is 77.7 Å².